The highest BCUT2D eigenvalue weighted by molar-refractivity contribution is 5.54. The molecule has 7 heteroatoms. The summed E-state index contributed by atoms with van der Waals surface area (Å²) in [5.41, 5.74) is 7.76. The highest BCUT2D eigenvalue weighted by Crippen LogP contribution is 2.40. The van der Waals surface area contributed by atoms with Gasteiger partial charge in [-0.3, -0.25) is 9.78 Å². The monoisotopic (exact) mass is 338 g/mol. The summed E-state index contributed by atoms with van der Waals surface area (Å²) in [7, 11) is 1.58. The van der Waals surface area contributed by atoms with Crippen LogP contribution in [0.2, 0.25) is 0 Å². The number of aryl methyl sites for hydroxylation is 1. The molecular formula is C18H18N4O3. The van der Waals surface area contributed by atoms with Gasteiger partial charge in [0.2, 0.25) is 5.88 Å². The van der Waals surface area contributed by atoms with Crippen molar-refractivity contribution in [3.8, 4) is 11.8 Å². The fraction of sp³-hybridized carbons (Fsp3) is 0.278. The number of ether oxygens (including phenoxy) is 2. The minimum Gasteiger partial charge on any atom is -0.440 e. The van der Waals surface area contributed by atoms with E-state index in [0.29, 0.717) is 30.0 Å². The molecule has 1 unspecified atom stereocenters. The van der Waals surface area contributed by atoms with Crippen molar-refractivity contribution in [2.45, 2.75) is 19.4 Å². The van der Waals surface area contributed by atoms with Crippen LogP contribution >= 0.6 is 0 Å². The molecule has 25 heavy (non-hydrogen) atoms. The van der Waals surface area contributed by atoms with E-state index in [-0.39, 0.29) is 17.0 Å². The number of allylic oxidation sites excluding steroid dienone is 1. The summed E-state index contributed by atoms with van der Waals surface area (Å²) in [5.74, 6) is -0.219. The Labute approximate surface area is 144 Å². The second kappa shape index (κ2) is 6.79. The predicted molar refractivity (Wildman–Crippen MR) is 90.8 cm³/mol. The van der Waals surface area contributed by atoms with Crippen LogP contribution < -0.4 is 16.0 Å². The van der Waals surface area contributed by atoms with Gasteiger partial charge in [0.1, 0.15) is 17.4 Å². The molecule has 128 valence electrons. The molecule has 0 amide bonds. The maximum atomic E-state index is 13.1. The zero-order valence-corrected chi connectivity index (χ0v) is 14.0. The van der Waals surface area contributed by atoms with Crippen LogP contribution in [0.5, 0.6) is 5.75 Å². The number of nitriles is 1. The number of rotatable bonds is 4. The zero-order valence-electron chi connectivity index (χ0n) is 14.0. The lowest BCUT2D eigenvalue weighted by Crippen LogP contribution is -2.33. The quantitative estimate of drug-likeness (QED) is 0.904. The van der Waals surface area contributed by atoms with Crippen molar-refractivity contribution in [3.63, 3.8) is 0 Å². The van der Waals surface area contributed by atoms with E-state index in [9.17, 15) is 10.1 Å². The Balaban J connectivity index is 2.26. The summed E-state index contributed by atoms with van der Waals surface area (Å²) in [6.07, 6.45) is 3.26. The minimum absolute atomic E-state index is 0.0114. The second-order valence-corrected chi connectivity index (χ2v) is 5.72. The Bertz CT molecular complexity index is 926. The highest BCUT2D eigenvalue weighted by Gasteiger charge is 2.34. The van der Waals surface area contributed by atoms with Crippen LogP contribution in [0.25, 0.3) is 0 Å². The lowest BCUT2D eigenvalue weighted by molar-refractivity contribution is 0.185. The highest BCUT2D eigenvalue weighted by atomic mass is 16.5. The third-order valence-electron chi connectivity index (χ3n) is 4.23. The first kappa shape index (κ1) is 16.7. The molecule has 0 saturated heterocycles. The number of hydrogen-bond donors (Lipinski definition) is 1. The Kier molecular flexibility index (Phi) is 4.55. The number of pyridine rings is 2. The van der Waals surface area contributed by atoms with Crippen molar-refractivity contribution in [2.24, 2.45) is 5.73 Å². The van der Waals surface area contributed by atoms with E-state index in [1.807, 2.05) is 13.0 Å². The Morgan fingerprint density at radius 3 is 2.96 bits per heavy atom. The van der Waals surface area contributed by atoms with Gasteiger partial charge in [-0.05, 0) is 18.6 Å². The zero-order chi connectivity index (χ0) is 18.0. The van der Waals surface area contributed by atoms with Gasteiger partial charge in [0, 0.05) is 37.8 Å². The molecule has 2 aromatic rings. The molecule has 3 heterocycles. The maximum Gasteiger partial charge on any atom is 0.258 e. The summed E-state index contributed by atoms with van der Waals surface area (Å²) >= 11 is 0. The molecule has 0 bridgehead atoms. The second-order valence-electron chi connectivity index (χ2n) is 5.72. The lowest BCUT2D eigenvalue weighted by atomic mass is 9.85. The van der Waals surface area contributed by atoms with Gasteiger partial charge in [0.25, 0.3) is 5.56 Å². The molecule has 0 fully saturated rings. The number of fused-ring (bicyclic) bond motifs is 1. The molecule has 2 aromatic heterocycles. The smallest absolute Gasteiger partial charge is 0.258 e. The fourth-order valence-corrected chi connectivity index (χ4v) is 3.03. The molecule has 2 N–H and O–H groups in total. The summed E-state index contributed by atoms with van der Waals surface area (Å²) in [4.78, 5) is 17.2. The van der Waals surface area contributed by atoms with Gasteiger partial charge in [-0.15, -0.1) is 0 Å². The third kappa shape index (κ3) is 2.88. The molecule has 0 aromatic carbocycles. The molecule has 0 radical (unpaired) electrons. The van der Waals surface area contributed by atoms with Gasteiger partial charge >= 0.3 is 0 Å². The molecule has 1 aliphatic rings. The van der Waals surface area contributed by atoms with Crippen LogP contribution in [-0.2, 0) is 11.3 Å². The summed E-state index contributed by atoms with van der Waals surface area (Å²) in [6.45, 7) is 2.63. The molecule has 0 spiro atoms. The van der Waals surface area contributed by atoms with Crippen molar-refractivity contribution in [1.29, 1.82) is 5.26 Å². The average Bonchev–Trinajstić information content (AvgIpc) is 2.61. The van der Waals surface area contributed by atoms with Crippen molar-refractivity contribution in [1.82, 2.24) is 9.55 Å². The van der Waals surface area contributed by atoms with E-state index >= 15 is 0 Å². The van der Waals surface area contributed by atoms with Crippen molar-refractivity contribution in [2.75, 3.05) is 13.7 Å². The van der Waals surface area contributed by atoms with Gasteiger partial charge in [0.05, 0.1) is 18.1 Å². The van der Waals surface area contributed by atoms with Gasteiger partial charge in [-0.1, -0.05) is 6.07 Å². The van der Waals surface area contributed by atoms with Crippen molar-refractivity contribution >= 4 is 0 Å². The number of methoxy groups -OCH3 is 1. The largest absolute Gasteiger partial charge is 0.440 e. The molecular weight excluding hydrogens is 320 g/mol. The Morgan fingerprint density at radius 2 is 2.32 bits per heavy atom. The first-order valence-electron chi connectivity index (χ1n) is 7.79. The van der Waals surface area contributed by atoms with Crippen LogP contribution in [-0.4, -0.2) is 23.3 Å². The van der Waals surface area contributed by atoms with E-state index in [4.69, 9.17) is 15.2 Å². The predicted octanol–water partition coefficient (Wildman–Crippen LogP) is 1.42. The summed E-state index contributed by atoms with van der Waals surface area (Å²) in [6, 6.07) is 7.41. The van der Waals surface area contributed by atoms with Gasteiger partial charge in [-0.2, -0.15) is 5.26 Å². The van der Waals surface area contributed by atoms with Crippen LogP contribution in [0.3, 0.4) is 0 Å². The van der Waals surface area contributed by atoms with E-state index in [0.717, 1.165) is 5.69 Å². The fourth-order valence-electron chi connectivity index (χ4n) is 3.03. The molecule has 0 aliphatic carbocycles. The third-order valence-corrected chi connectivity index (χ3v) is 4.23. The Morgan fingerprint density at radius 1 is 1.52 bits per heavy atom. The number of hydrogen-bond acceptors (Lipinski definition) is 6. The Hall–Kier alpha value is -3.11. The van der Waals surface area contributed by atoms with Crippen LogP contribution in [0.4, 0.5) is 0 Å². The van der Waals surface area contributed by atoms with Crippen molar-refractivity contribution < 1.29 is 9.47 Å². The molecule has 1 atom stereocenters. The van der Waals surface area contributed by atoms with Crippen LogP contribution in [0.1, 0.15) is 22.7 Å². The van der Waals surface area contributed by atoms with E-state index < -0.39 is 5.92 Å². The van der Waals surface area contributed by atoms with Crippen LogP contribution in [0, 0.1) is 18.3 Å². The number of nitrogens with two attached hydrogens (primary N) is 1. The van der Waals surface area contributed by atoms with Crippen molar-refractivity contribution in [3.05, 3.63) is 69.2 Å². The van der Waals surface area contributed by atoms with E-state index in [1.54, 1.807) is 36.2 Å². The standard InChI is InChI=1S/C18H18N4O3/c1-11-8-14-16(18(23)22(11)6-7-24-2)15(12-4-3-5-21-10-12)13(9-19)17(20)25-14/h3-5,8,10,15H,6-7,20H2,1-2H3. The van der Waals surface area contributed by atoms with Gasteiger partial charge < -0.3 is 19.8 Å². The van der Waals surface area contributed by atoms with E-state index in [1.165, 1.54) is 0 Å². The summed E-state index contributed by atoms with van der Waals surface area (Å²) < 4.78 is 12.3. The van der Waals surface area contributed by atoms with Crippen LogP contribution in [0.15, 0.2) is 46.8 Å². The molecule has 0 saturated carbocycles. The lowest BCUT2D eigenvalue weighted by Gasteiger charge is -2.27. The van der Waals surface area contributed by atoms with E-state index in [2.05, 4.69) is 11.1 Å². The number of nitrogens with zero attached hydrogens (tertiary/aromatic N) is 3. The topological polar surface area (TPSA) is 103 Å². The van der Waals surface area contributed by atoms with Gasteiger partial charge in [-0.25, -0.2) is 0 Å². The molecule has 1 aliphatic heterocycles. The average molecular weight is 338 g/mol. The van der Waals surface area contributed by atoms with Gasteiger partial charge in [0.15, 0.2) is 0 Å². The molecule has 3 rings (SSSR count). The maximum absolute atomic E-state index is 13.1. The molecule has 7 nitrogen and oxygen atoms in total. The summed E-state index contributed by atoms with van der Waals surface area (Å²) in [5, 5.41) is 9.56. The first-order valence-corrected chi connectivity index (χ1v) is 7.79. The normalized spacial score (nSPS) is 16.1. The minimum atomic E-state index is -0.607. The first-order chi connectivity index (χ1) is 12.1. The SMILES string of the molecule is COCCn1c(C)cc2c(c1=O)C(c1cccnc1)C(C#N)=C(N)O2. The number of aromatic nitrogens is 2.